The summed E-state index contributed by atoms with van der Waals surface area (Å²) in [5, 5.41) is 12.7. The van der Waals surface area contributed by atoms with Crippen molar-refractivity contribution in [3.8, 4) is 0 Å². The number of aromatic amines is 1. The fraction of sp³-hybridized carbons (Fsp3) is 0.0769. The van der Waals surface area contributed by atoms with Crippen molar-refractivity contribution in [2.45, 2.75) is 6.54 Å². The van der Waals surface area contributed by atoms with Gasteiger partial charge < -0.3 is 5.32 Å². The van der Waals surface area contributed by atoms with E-state index in [0.717, 1.165) is 21.3 Å². The summed E-state index contributed by atoms with van der Waals surface area (Å²) in [6, 6.07) is 9.67. The van der Waals surface area contributed by atoms with Crippen molar-refractivity contribution in [2.24, 2.45) is 0 Å². The van der Waals surface area contributed by atoms with E-state index in [-0.39, 0.29) is 5.91 Å². The summed E-state index contributed by atoms with van der Waals surface area (Å²) in [7, 11) is 0. The van der Waals surface area contributed by atoms with Gasteiger partial charge in [-0.1, -0.05) is 18.2 Å². The summed E-state index contributed by atoms with van der Waals surface area (Å²) in [6.45, 7) is 0.520. The van der Waals surface area contributed by atoms with Gasteiger partial charge >= 0.3 is 0 Å². The van der Waals surface area contributed by atoms with Gasteiger partial charge in [-0.25, -0.2) is 0 Å². The number of nitrogens with zero attached hydrogens (tertiary/aromatic N) is 1. The van der Waals surface area contributed by atoms with Crippen LogP contribution in [0.3, 0.4) is 0 Å². The van der Waals surface area contributed by atoms with Crippen molar-refractivity contribution in [1.82, 2.24) is 15.5 Å². The SMILES string of the molecule is O=C(NCc1ccc2cn[nH]c2c1)c1cccs1. The highest BCUT2D eigenvalue weighted by atomic mass is 32.1. The van der Waals surface area contributed by atoms with Gasteiger partial charge in [0, 0.05) is 11.9 Å². The second-order valence-corrected chi connectivity index (χ2v) is 4.90. The fourth-order valence-electron chi connectivity index (χ4n) is 1.77. The van der Waals surface area contributed by atoms with Gasteiger partial charge in [0.15, 0.2) is 0 Å². The predicted octanol–water partition coefficient (Wildman–Crippen LogP) is 2.55. The summed E-state index contributed by atoms with van der Waals surface area (Å²) < 4.78 is 0. The van der Waals surface area contributed by atoms with Crippen molar-refractivity contribution < 1.29 is 4.79 Å². The minimum Gasteiger partial charge on any atom is -0.347 e. The molecule has 4 nitrogen and oxygen atoms in total. The number of carbonyl (C=O) groups is 1. The standard InChI is InChI=1S/C13H11N3OS/c17-13(12-2-1-5-18-12)14-7-9-3-4-10-8-15-16-11(10)6-9/h1-6,8H,7H2,(H,14,17)(H,15,16). The van der Waals surface area contributed by atoms with Crippen LogP contribution in [0.2, 0.25) is 0 Å². The summed E-state index contributed by atoms with van der Waals surface area (Å²) in [5.74, 6) is -0.0327. The average molecular weight is 257 g/mol. The molecule has 0 aliphatic rings. The Labute approximate surface area is 108 Å². The molecule has 0 saturated carbocycles. The van der Waals surface area contributed by atoms with Crippen LogP contribution >= 0.6 is 11.3 Å². The van der Waals surface area contributed by atoms with Crippen LogP contribution in [0, 0.1) is 0 Å². The zero-order chi connectivity index (χ0) is 12.4. The Morgan fingerprint density at radius 2 is 2.33 bits per heavy atom. The van der Waals surface area contributed by atoms with Crippen LogP contribution in [0.25, 0.3) is 10.9 Å². The molecular weight excluding hydrogens is 246 g/mol. The maximum Gasteiger partial charge on any atom is 0.261 e. The van der Waals surface area contributed by atoms with Crippen molar-refractivity contribution in [1.29, 1.82) is 0 Å². The predicted molar refractivity (Wildman–Crippen MR) is 71.6 cm³/mol. The van der Waals surface area contributed by atoms with E-state index < -0.39 is 0 Å². The van der Waals surface area contributed by atoms with Crippen LogP contribution in [0.1, 0.15) is 15.2 Å². The lowest BCUT2D eigenvalue weighted by atomic mass is 10.1. The van der Waals surface area contributed by atoms with E-state index in [4.69, 9.17) is 0 Å². The molecule has 0 fully saturated rings. The number of aromatic nitrogens is 2. The number of H-pyrrole nitrogens is 1. The molecule has 3 aromatic rings. The molecule has 0 aliphatic heterocycles. The molecule has 0 atom stereocenters. The minimum atomic E-state index is -0.0327. The highest BCUT2D eigenvalue weighted by Gasteiger charge is 2.06. The molecule has 18 heavy (non-hydrogen) atoms. The number of thiophene rings is 1. The number of benzene rings is 1. The molecule has 5 heteroatoms. The molecule has 0 radical (unpaired) electrons. The first-order chi connectivity index (χ1) is 8.83. The largest absolute Gasteiger partial charge is 0.347 e. The summed E-state index contributed by atoms with van der Waals surface area (Å²) >= 11 is 1.44. The molecular formula is C13H11N3OS. The van der Waals surface area contributed by atoms with Crippen LogP contribution in [0.4, 0.5) is 0 Å². The lowest BCUT2D eigenvalue weighted by molar-refractivity contribution is 0.0955. The Balaban J connectivity index is 1.71. The van der Waals surface area contributed by atoms with Gasteiger partial charge in [0.2, 0.25) is 0 Å². The minimum absolute atomic E-state index is 0.0327. The van der Waals surface area contributed by atoms with Crippen LogP contribution in [0.15, 0.2) is 41.9 Å². The van der Waals surface area contributed by atoms with Crippen LogP contribution in [-0.2, 0) is 6.54 Å². The van der Waals surface area contributed by atoms with Gasteiger partial charge in [-0.15, -0.1) is 11.3 Å². The quantitative estimate of drug-likeness (QED) is 0.757. The third-order valence-corrected chi connectivity index (χ3v) is 3.57. The topological polar surface area (TPSA) is 57.8 Å². The molecule has 0 saturated heterocycles. The Bertz CT molecular complexity index is 672. The first-order valence-electron chi connectivity index (χ1n) is 5.56. The van der Waals surface area contributed by atoms with E-state index in [1.165, 1.54) is 11.3 Å². The molecule has 2 heterocycles. The highest BCUT2D eigenvalue weighted by molar-refractivity contribution is 7.12. The monoisotopic (exact) mass is 257 g/mol. The molecule has 0 unspecified atom stereocenters. The lowest BCUT2D eigenvalue weighted by Gasteiger charge is -2.03. The van der Waals surface area contributed by atoms with Gasteiger partial charge in [0.25, 0.3) is 5.91 Å². The number of hydrogen-bond acceptors (Lipinski definition) is 3. The Kier molecular flexibility index (Phi) is 2.82. The van der Waals surface area contributed by atoms with Gasteiger partial charge in [-0.2, -0.15) is 5.10 Å². The zero-order valence-corrected chi connectivity index (χ0v) is 10.3. The molecule has 0 spiro atoms. The second kappa shape index (κ2) is 4.62. The lowest BCUT2D eigenvalue weighted by Crippen LogP contribution is -2.21. The third-order valence-electron chi connectivity index (χ3n) is 2.70. The molecule has 0 bridgehead atoms. The van der Waals surface area contributed by atoms with Crippen molar-refractivity contribution in [3.05, 3.63) is 52.3 Å². The number of fused-ring (bicyclic) bond motifs is 1. The third kappa shape index (κ3) is 2.12. The van der Waals surface area contributed by atoms with Gasteiger partial charge in [0.05, 0.1) is 16.6 Å². The number of nitrogens with one attached hydrogen (secondary N) is 2. The second-order valence-electron chi connectivity index (χ2n) is 3.95. The van der Waals surface area contributed by atoms with Crippen molar-refractivity contribution in [2.75, 3.05) is 0 Å². The highest BCUT2D eigenvalue weighted by Crippen LogP contribution is 2.13. The molecule has 1 aromatic carbocycles. The Hall–Kier alpha value is -2.14. The maximum atomic E-state index is 11.8. The molecule has 90 valence electrons. The summed E-state index contributed by atoms with van der Waals surface area (Å²) in [6.07, 6.45) is 1.78. The zero-order valence-electron chi connectivity index (χ0n) is 9.51. The number of amides is 1. The summed E-state index contributed by atoms with van der Waals surface area (Å²) in [5.41, 5.74) is 2.04. The van der Waals surface area contributed by atoms with E-state index in [1.807, 2.05) is 35.7 Å². The van der Waals surface area contributed by atoms with Crippen LogP contribution < -0.4 is 5.32 Å². The Morgan fingerprint density at radius 1 is 1.39 bits per heavy atom. The Morgan fingerprint density at radius 3 is 3.17 bits per heavy atom. The van der Waals surface area contributed by atoms with Crippen LogP contribution in [-0.4, -0.2) is 16.1 Å². The first kappa shape index (κ1) is 11.0. The van der Waals surface area contributed by atoms with Crippen molar-refractivity contribution in [3.63, 3.8) is 0 Å². The number of carbonyl (C=O) groups excluding carboxylic acids is 1. The molecule has 2 aromatic heterocycles. The van der Waals surface area contributed by atoms with E-state index >= 15 is 0 Å². The molecule has 2 N–H and O–H groups in total. The normalized spacial score (nSPS) is 10.7. The van der Waals surface area contributed by atoms with Crippen molar-refractivity contribution >= 4 is 28.1 Å². The molecule has 0 aliphatic carbocycles. The van der Waals surface area contributed by atoms with E-state index in [1.54, 1.807) is 6.20 Å². The van der Waals surface area contributed by atoms with Crippen LogP contribution in [0.5, 0.6) is 0 Å². The number of rotatable bonds is 3. The van der Waals surface area contributed by atoms with E-state index in [0.29, 0.717) is 6.54 Å². The first-order valence-corrected chi connectivity index (χ1v) is 6.44. The number of hydrogen-bond donors (Lipinski definition) is 2. The summed E-state index contributed by atoms with van der Waals surface area (Å²) in [4.78, 5) is 12.5. The van der Waals surface area contributed by atoms with Gasteiger partial charge in [-0.3, -0.25) is 9.89 Å². The van der Waals surface area contributed by atoms with E-state index in [9.17, 15) is 4.79 Å². The van der Waals surface area contributed by atoms with Gasteiger partial charge in [-0.05, 0) is 23.1 Å². The maximum absolute atomic E-state index is 11.8. The fourth-order valence-corrected chi connectivity index (χ4v) is 2.41. The average Bonchev–Trinajstić information content (AvgIpc) is 3.05. The molecule has 3 rings (SSSR count). The molecule has 1 amide bonds. The van der Waals surface area contributed by atoms with E-state index in [2.05, 4.69) is 15.5 Å². The smallest absolute Gasteiger partial charge is 0.261 e. The van der Waals surface area contributed by atoms with Gasteiger partial charge in [0.1, 0.15) is 0 Å².